The predicted molar refractivity (Wildman–Crippen MR) is 34.9 cm³/mol. The van der Waals surface area contributed by atoms with Gasteiger partial charge in [-0.2, -0.15) is 0 Å². The summed E-state index contributed by atoms with van der Waals surface area (Å²) in [6.07, 6.45) is 0.190. The van der Waals surface area contributed by atoms with Crippen molar-refractivity contribution in [3.05, 3.63) is 11.5 Å². The van der Waals surface area contributed by atoms with Gasteiger partial charge in [-0.1, -0.05) is 0 Å². The van der Waals surface area contributed by atoms with Gasteiger partial charge in [-0.3, -0.25) is 4.84 Å². The second-order valence-corrected chi connectivity index (χ2v) is 2.40. The maximum Gasteiger partial charge on any atom is 0.214 e. The second kappa shape index (κ2) is 2.14. The molecule has 0 saturated carbocycles. The molecule has 1 unspecified atom stereocenters. The molecule has 2 N–H and O–H groups in total. The molecule has 2 rings (SSSR count). The van der Waals surface area contributed by atoms with Crippen LogP contribution in [0.4, 0.5) is 0 Å². The van der Waals surface area contributed by atoms with Gasteiger partial charge in [-0.05, 0) is 0 Å². The van der Waals surface area contributed by atoms with E-state index in [1.54, 1.807) is 7.11 Å². The SMILES string of the molecule is COC1=C2CNCC2ON1. The molecule has 2 aliphatic heterocycles. The third-order valence-electron chi connectivity index (χ3n) is 1.82. The molecule has 1 fully saturated rings. The van der Waals surface area contributed by atoms with Gasteiger partial charge in [0.2, 0.25) is 5.88 Å². The Hall–Kier alpha value is -0.740. The summed E-state index contributed by atoms with van der Waals surface area (Å²) in [5, 5.41) is 3.19. The Morgan fingerprint density at radius 2 is 2.60 bits per heavy atom. The van der Waals surface area contributed by atoms with E-state index in [0.29, 0.717) is 0 Å². The average Bonchev–Trinajstić information content (AvgIpc) is 2.44. The summed E-state index contributed by atoms with van der Waals surface area (Å²) >= 11 is 0. The van der Waals surface area contributed by atoms with Gasteiger partial charge in [0, 0.05) is 18.7 Å². The highest BCUT2D eigenvalue weighted by molar-refractivity contribution is 5.21. The molecule has 2 aliphatic rings. The molecule has 0 aliphatic carbocycles. The highest BCUT2D eigenvalue weighted by Crippen LogP contribution is 2.20. The van der Waals surface area contributed by atoms with Crippen LogP contribution < -0.4 is 10.8 Å². The maximum atomic E-state index is 5.17. The van der Waals surface area contributed by atoms with Crippen LogP contribution in [0.2, 0.25) is 0 Å². The predicted octanol–water partition coefficient (Wildman–Crippen LogP) is -0.649. The molecule has 10 heavy (non-hydrogen) atoms. The largest absolute Gasteiger partial charge is 0.481 e. The van der Waals surface area contributed by atoms with Gasteiger partial charge >= 0.3 is 0 Å². The number of methoxy groups -OCH3 is 1. The summed E-state index contributed by atoms with van der Waals surface area (Å²) in [7, 11) is 1.64. The summed E-state index contributed by atoms with van der Waals surface area (Å²) in [4.78, 5) is 5.17. The zero-order valence-electron chi connectivity index (χ0n) is 5.81. The molecule has 0 bridgehead atoms. The van der Waals surface area contributed by atoms with Crippen LogP contribution in [0, 0.1) is 0 Å². The van der Waals surface area contributed by atoms with Gasteiger partial charge in [-0.25, -0.2) is 5.48 Å². The monoisotopic (exact) mass is 142 g/mol. The van der Waals surface area contributed by atoms with Crippen LogP contribution in [0.25, 0.3) is 0 Å². The van der Waals surface area contributed by atoms with Crippen molar-refractivity contribution < 1.29 is 9.57 Å². The number of hydroxylamine groups is 1. The molecule has 0 radical (unpaired) electrons. The molecule has 1 saturated heterocycles. The minimum Gasteiger partial charge on any atom is -0.481 e. The van der Waals surface area contributed by atoms with E-state index in [0.717, 1.165) is 19.0 Å². The van der Waals surface area contributed by atoms with E-state index in [1.165, 1.54) is 5.57 Å². The van der Waals surface area contributed by atoms with E-state index in [1.807, 2.05) is 0 Å². The fourth-order valence-corrected chi connectivity index (χ4v) is 1.28. The zero-order chi connectivity index (χ0) is 6.97. The molecular formula is C6H10N2O2. The van der Waals surface area contributed by atoms with E-state index in [9.17, 15) is 0 Å². The number of hydrogen-bond acceptors (Lipinski definition) is 4. The van der Waals surface area contributed by atoms with Gasteiger partial charge in [0.25, 0.3) is 0 Å². The van der Waals surface area contributed by atoms with Gasteiger partial charge < -0.3 is 10.1 Å². The summed E-state index contributed by atoms with van der Waals surface area (Å²) < 4.78 is 5.03. The Labute approximate surface area is 59.1 Å². The minimum atomic E-state index is 0.190. The normalized spacial score (nSPS) is 30.3. The molecule has 0 amide bonds. The lowest BCUT2D eigenvalue weighted by molar-refractivity contribution is 0.0232. The lowest BCUT2D eigenvalue weighted by atomic mass is 10.2. The number of fused-ring (bicyclic) bond motifs is 1. The van der Waals surface area contributed by atoms with Crippen molar-refractivity contribution in [2.75, 3.05) is 20.2 Å². The molecule has 2 heterocycles. The number of nitrogens with one attached hydrogen (secondary N) is 2. The molecule has 1 atom stereocenters. The first-order valence-corrected chi connectivity index (χ1v) is 3.31. The highest BCUT2D eigenvalue weighted by Gasteiger charge is 2.31. The van der Waals surface area contributed by atoms with Gasteiger partial charge in [0.05, 0.1) is 7.11 Å². The zero-order valence-corrected chi connectivity index (χ0v) is 5.81. The maximum absolute atomic E-state index is 5.17. The Morgan fingerprint density at radius 1 is 1.70 bits per heavy atom. The standard InChI is InChI=1S/C6H10N2O2/c1-9-6-4-2-7-3-5(4)10-8-6/h5,7-8H,2-3H2,1H3. The van der Waals surface area contributed by atoms with Crippen molar-refractivity contribution in [2.24, 2.45) is 0 Å². The fraction of sp³-hybridized carbons (Fsp3) is 0.667. The van der Waals surface area contributed by atoms with Crippen LogP contribution in [0.3, 0.4) is 0 Å². The van der Waals surface area contributed by atoms with E-state index in [2.05, 4.69) is 10.8 Å². The molecule has 0 aromatic heterocycles. The molecule has 56 valence electrons. The third kappa shape index (κ3) is 0.693. The lowest BCUT2D eigenvalue weighted by Crippen LogP contribution is -2.20. The van der Waals surface area contributed by atoms with Gasteiger partial charge in [0.15, 0.2) is 0 Å². The molecule has 0 aromatic rings. The van der Waals surface area contributed by atoms with Crippen LogP contribution in [-0.2, 0) is 9.57 Å². The Kier molecular flexibility index (Phi) is 1.28. The smallest absolute Gasteiger partial charge is 0.214 e. The second-order valence-electron chi connectivity index (χ2n) is 2.40. The number of rotatable bonds is 1. The van der Waals surface area contributed by atoms with Crippen molar-refractivity contribution in [3.63, 3.8) is 0 Å². The van der Waals surface area contributed by atoms with Crippen molar-refractivity contribution >= 4 is 0 Å². The fourth-order valence-electron chi connectivity index (χ4n) is 1.28. The summed E-state index contributed by atoms with van der Waals surface area (Å²) in [6.45, 7) is 1.76. The van der Waals surface area contributed by atoms with E-state index < -0.39 is 0 Å². The minimum absolute atomic E-state index is 0.190. The highest BCUT2D eigenvalue weighted by atomic mass is 16.7. The third-order valence-corrected chi connectivity index (χ3v) is 1.82. The summed E-state index contributed by atoms with van der Waals surface area (Å²) in [5.74, 6) is 0.773. The van der Waals surface area contributed by atoms with Crippen molar-refractivity contribution in [3.8, 4) is 0 Å². The molecule has 4 nitrogen and oxygen atoms in total. The Bertz CT molecular complexity index is 179. The Morgan fingerprint density at radius 3 is 3.40 bits per heavy atom. The van der Waals surface area contributed by atoms with Crippen LogP contribution in [0.1, 0.15) is 0 Å². The van der Waals surface area contributed by atoms with Crippen LogP contribution in [0.5, 0.6) is 0 Å². The first-order valence-electron chi connectivity index (χ1n) is 3.31. The van der Waals surface area contributed by atoms with E-state index in [-0.39, 0.29) is 6.10 Å². The number of hydrogen-bond donors (Lipinski definition) is 2. The molecule has 4 heteroatoms. The van der Waals surface area contributed by atoms with Crippen LogP contribution >= 0.6 is 0 Å². The van der Waals surface area contributed by atoms with E-state index >= 15 is 0 Å². The van der Waals surface area contributed by atoms with Crippen LogP contribution in [-0.4, -0.2) is 26.3 Å². The van der Waals surface area contributed by atoms with Crippen molar-refractivity contribution in [1.29, 1.82) is 0 Å². The first-order chi connectivity index (χ1) is 4.92. The molecule has 0 aromatic carbocycles. The van der Waals surface area contributed by atoms with Crippen molar-refractivity contribution in [2.45, 2.75) is 6.10 Å². The average molecular weight is 142 g/mol. The van der Waals surface area contributed by atoms with Crippen molar-refractivity contribution in [1.82, 2.24) is 10.8 Å². The summed E-state index contributed by atoms with van der Waals surface area (Å²) in [6, 6.07) is 0. The molecular weight excluding hydrogens is 132 g/mol. The lowest BCUT2D eigenvalue weighted by Gasteiger charge is -2.02. The topological polar surface area (TPSA) is 42.5 Å². The first kappa shape index (κ1) is 6.00. The summed E-state index contributed by atoms with van der Waals surface area (Å²) in [5.41, 5.74) is 3.92. The quantitative estimate of drug-likeness (QED) is 0.510. The van der Waals surface area contributed by atoms with Gasteiger partial charge in [-0.15, -0.1) is 0 Å². The van der Waals surface area contributed by atoms with Crippen LogP contribution in [0.15, 0.2) is 11.5 Å². The van der Waals surface area contributed by atoms with E-state index in [4.69, 9.17) is 9.57 Å². The number of ether oxygens (including phenoxy) is 1. The van der Waals surface area contributed by atoms with Gasteiger partial charge in [0.1, 0.15) is 6.10 Å². The Balaban J connectivity index is 2.22. The molecule has 0 spiro atoms.